The molecule has 1 saturated carbocycles. The average Bonchev–Trinajstić information content (AvgIpc) is 3.24. The van der Waals surface area contributed by atoms with Crippen molar-refractivity contribution in [2.45, 2.75) is 57.2 Å². The number of morpholine rings is 1. The van der Waals surface area contributed by atoms with E-state index in [0.717, 1.165) is 40.8 Å². The Bertz CT molecular complexity index is 1170. The SMILES string of the molecule is CNc1nc(-c2ccc3c(N)n[nH]c3c2)cc(N2C[C@@H](C(=O)NC3CCCCC3)OCC2C)n1. The molecule has 180 valence electrons. The van der Waals surface area contributed by atoms with E-state index in [1.54, 1.807) is 7.05 Å². The van der Waals surface area contributed by atoms with Crippen LogP contribution in [0.1, 0.15) is 39.0 Å². The molecule has 1 amide bonds. The number of hydrogen-bond acceptors (Lipinski definition) is 8. The van der Waals surface area contributed by atoms with Crippen molar-refractivity contribution in [1.29, 1.82) is 0 Å². The Kier molecular flexibility index (Phi) is 6.23. The van der Waals surface area contributed by atoms with Gasteiger partial charge in [0.2, 0.25) is 5.95 Å². The van der Waals surface area contributed by atoms with Gasteiger partial charge in [0, 0.05) is 30.1 Å². The van der Waals surface area contributed by atoms with Crippen LogP contribution in [-0.4, -0.2) is 64.5 Å². The molecule has 0 radical (unpaired) electrons. The zero-order valence-corrected chi connectivity index (χ0v) is 19.7. The Labute approximate surface area is 198 Å². The van der Waals surface area contributed by atoms with E-state index >= 15 is 0 Å². The van der Waals surface area contributed by atoms with Crippen molar-refractivity contribution in [3.05, 3.63) is 24.3 Å². The first-order chi connectivity index (χ1) is 16.5. The summed E-state index contributed by atoms with van der Waals surface area (Å²) in [6.45, 7) is 2.97. The summed E-state index contributed by atoms with van der Waals surface area (Å²) < 4.78 is 5.93. The zero-order valence-electron chi connectivity index (χ0n) is 19.7. The van der Waals surface area contributed by atoms with Gasteiger partial charge in [-0.15, -0.1) is 0 Å². The maximum absolute atomic E-state index is 13.0. The quantitative estimate of drug-likeness (QED) is 0.453. The standard InChI is InChI=1S/C24H32N8O2/c1-14-13-34-20(23(33)27-16-6-4-3-5-7-16)12-32(14)21-11-18(28-24(26-2)29-21)15-8-9-17-19(10-15)30-31-22(17)25/h8-11,14,16,20H,3-7,12-13H2,1-2H3,(H,27,33)(H3,25,30,31)(H,26,28,29)/t14?,20-/m0/s1. The third-order valence-electron chi connectivity index (χ3n) is 6.80. The van der Waals surface area contributed by atoms with Gasteiger partial charge in [-0.25, -0.2) is 4.98 Å². The topological polar surface area (TPSA) is 134 Å². The molecule has 5 rings (SSSR count). The van der Waals surface area contributed by atoms with Crippen LogP contribution in [0.3, 0.4) is 0 Å². The first-order valence-electron chi connectivity index (χ1n) is 12.0. The molecule has 0 spiro atoms. The highest BCUT2D eigenvalue weighted by atomic mass is 16.5. The number of benzene rings is 1. The molecule has 3 heterocycles. The molecule has 1 aliphatic carbocycles. The molecule has 1 aliphatic heterocycles. The van der Waals surface area contributed by atoms with Gasteiger partial charge in [-0.2, -0.15) is 10.1 Å². The van der Waals surface area contributed by atoms with E-state index in [4.69, 9.17) is 15.5 Å². The van der Waals surface area contributed by atoms with Gasteiger partial charge in [0.1, 0.15) is 5.82 Å². The molecule has 1 saturated heterocycles. The second kappa shape index (κ2) is 9.46. The molecule has 5 N–H and O–H groups in total. The molecule has 2 atom stereocenters. The number of hydrogen-bond donors (Lipinski definition) is 4. The second-order valence-corrected chi connectivity index (χ2v) is 9.22. The number of rotatable bonds is 5. The third-order valence-corrected chi connectivity index (χ3v) is 6.80. The third kappa shape index (κ3) is 4.50. The minimum Gasteiger partial charge on any atom is -0.382 e. The van der Waals surface area contributed by atoms with Gasteiger partial charge in [0.05, 0.1) is 30.4 Å². The van der Waals surface area contributed by atoms with Crippen LogP contribution in [0.5, 0.6) is 0 Å². The van der Waals surface area contributed by atoms with Crippen molar-refractivity contribution in [2.24, 2.45) is 0 Å². The number of aromatic amines is 1. The van der Waals surface area contributed by atoms with E-state index in [2.05, 4.69) is 37.6 Å². The van der Waals surface area contributed by atoms with Crippen molar-refractivity contribution < 1.29 is 9.53 Å². The number of nitrogens with zero attached hydrogens (tertiary/aromatic N) is 4. The number of fused-ring (bicyclic) bond motifs is 1. The maximum Gasteiger partial charge on any atom is 0.251 e. The number of ether oxygens (including phenoxy) is 1. The van der Waals surface area contributed by atoms with E-state index in [1.165, 1.54) is 19.3 Å². The number of anilines is 3. The summed E-state index contributed by atoms with van der Waals surface area (Å²) >= 11 is 0. The van der Waals surface area contributed by atoms with Crippen LogP contribution in [-0.2, 0) is 9.53 Å². The molecule has 10 nitrogen and oxygen atoms in total. The summed E-state index contributed by atoms with van der Waals surface area (Å²) in [6, 6.07) is 8.18. The molecule has 10 heteroatoms. The van der Waals surface area contributed by atoms with Crippen molar-refractivity contribution in [3.8, 4) is 11.3 Å². The van der Waals surface area contributed by atoms with Gasteiger partial charge in [-0.3, -0.25) is 9.89 Å². The molecular weight excluding hydrogens is 432 g/mol. The number of carbonyl (C=O) groups is 1. The highest BCUT2D eigenvalue weighted by Crippen LogP contribution is 2.29. The van der Waals surface area contributed by atoms with Crippen LogP contribution < -0.4 is 21.3 Å². The molecule has 34 heavy (non-hydrogen) atoms. The second-order valence-electron chi connectivity index (χ2n) is 9.22. The Hall–Kier alpha value is -3.40. The predicted octanol–water partition coefficient (Wildman–Crippen LogP) is 2.69. The number of nitrogens with one attached hydrogen (secondary N) is 3. The van der Waals surface area contributed by atoms with Gasteiger partial charge in [0.25, 0.3) is 5.91 Å². The smallest absolute Gasteiger partial charge is 0.251 e. The van der Waals surface area contributed by atoms with Crippen LogP contribution in [0.4, 0.5) is 17.6 Å². The van der Waals surface area contributed by atoms with E-state index in [0.29, 0.717) is 24.9 Å². The zero-order chi connectivity index (χ0) is 23.7. The van der Waals surface area contributed by atoms with E-state index in [9.17, 15) is 4.79 Å². The predicted molar refractivity (Wildman–Crippen MR) is 133 cm³/mol. The first kappa shape index (κ1) is 22.4. The Morgan fingerprint density at radius 3 is 2.82 bits per heavy atom. The Morgan fingerprint density at radius 1 is 1.21 bits per heavy atom. The lowest BCUT2D eigenvalue weighted by molar-refractivity contribution is -0.135. The fraction of sp³-hybridized carbons (Fsp3) is 0.500. The molecule has 2 fully saturated rings. The Balaban J connectivity index is 1.40. The fourth-order valence-electron chi connectivity index (χ4n) is 4.82. The van der Waals surface area contributed by atoms with E-state index in [1.807, 2.05) is 24.3 Å². The van der Waals surface area contributed by atoms with Gasteiger partial charge in [-0.1, -0.05) is 25.3 Å². The van der Waals surface area contributed by atoms with Gasteiger partial charge in [0.15, 0.2) is 11.9 Å². The van der Waals surface area contributed by atoms with Crippen LogP contribution in [0.2, 0.25) is 0 Å². The van der Waals surface area contributed by atoms with Crippen LogP contribution in [0, 0.1) is 0 Å². The number of H-pyrrole nitrogens is 1. The largest absolute Gasteiger partial charge is 0.382 e. The van der Waals surface area contributed by atoms with Crippen molar-refractivity contribution in [3.63, 3.8) is 0 Å². The van der Waals surface area contributed by atoms with Crippen LogP contribution in [0.25, 0.3) is 22.2 Å². The summed E-state index contributed by atoms with van der Waals surface area (Å²) in [7, 11) is 1.80. The minimum atomic E-state index is -0.529. The highest BCUT2D eigenvalue weighted by molar-refractivity contribution is 5.91. The molecule has 3 aromatic rings. The number of amides is 1. The molecule has 1 aromatic carbocycles. The van der Waals surface area contributed by atoms with E-state index < -0.39 is 6.10 Å². The summed E-state index contributed by atoms with van der Waals surface area (Å²) in [5, 5.41) is 14.2. The highest BCUT2D eigenvalue weighted by Gasteiger charge is 2.33. The van der Waals surface area contributed by atoms with Crippen LogP contribution in [0.15, 0.2) is 24.3 Å². The summed E-state index contributed by atoms with van der Waals surface area (Å²) in [4.78, 5) is 24.5. The maximum atomic E-state index is 13.0. The lowest BCUT2D eigenvalue weighted by Crippen LogP contribution is -2.55. The van der Waals surface area contributed by atoms with Crippen LogP contribution >= 0.6 is 0 Å². The van der Waals surface area contributed by atoms with Crippen molar-refractivity contribution >= 4 is 34.4 Å². The summed E-state index contributed by atoms with van der Waals surface area (Å²) in [6.07, 6.45) is 5.17. The number of nitrogen functional groups attached to an aromatic ring is 1. The number of nitrogens with two attached hydrogens (primary N) is 1. The van der Waals surface area contributed by atoms with Gasteiger partial charge in [-0.05, 0) is 31.9 Å². The monoisotopic (exact) mass is 464 g/mol. The fourth-order valence-corrected chi connectivity index (χ4v) is 4.82. The lowest BCUT2D eigenvalue weighted by atomic mass is 9.95. The van der Waals surface area contributed by atoms with Crippen molar-refractivity contribution in [2.75, 3.05) is 36.1 Å². The van der Waals surface area contributed by atoms with Crippen molar-refractivity contribution in [1.82, 2.24) is 25.5 Å². The normalized spacial score (nSPS) is 21.5. The number of carbonyl (C=O) groups excluding carboxylic acids is 1. The molecule has 2 aliphatic rings. The van der Waals surface area contributed by atoms with Gasteiger partial charge < -0.3 is 26.0 Å². The van der Waals surface area contributed by atoms with Gasteiger partial charge >= 0.3 is 0 Å². The molecule has 0 bridgehead atoms. The summed E-state index contributed by atoms with van der Waals surface area (Å²) in [5.74, 6) is 1.71. The minimum absolute atomic E-state index is 0.0331. The summed E-state index contributed by atoms with van der Waals surface area (Å²) in [5.41, 5.74) is 8.45. The van der Waals surface area contributed by atoms with E-state index in [-0.39, 0.29) is 18.0 Å². The molecular formula is C24H32N8O2. The Morgan fingerprint density at radius 2 is 2.03 bits per heavy atom. The first-order valence-corrected chi connectivity index (χ1v) is 12.0. The lowest BCUT2D eigenvalue weighted by Gasteiger charge is -2.39. The number of aromatic nitrogens is 4. The molecule has 2 aromatic heterocycles. The average molecular weight is 465 g/mol. The molecule has 1 unspecified atom stereocenters.